The van der Waals surface area contributed by atoms with Gasteiger partial charge in [-0.3, -0.25) is 4.79 Å². The zero-order chi connectivity index (χ0) is 17.3. The van der Waals surface area contributed by atoms with Gasteiger partial charge in [-0.1, -0.05) is 11.6 Å². The minimum absolute atomic E-state index is 0.0615. The Kier molecular flexibility index (Phi) is 4.76. The second kappa shape index (κ2) is 6.81. The van der Waals surface area contributed by atoms with E-state index in [2.05, 4.69) is 10.1 Å². The van der Waals surface area contributed by atoms with Crippen LogP contribution in [0.3, 0.4) is 0 Å². The number of halogens is 1. The highest BCUT2D eigenvalue weighted by Crippen LogP contribution is 2.28. The minimum Gasteiger partial charge on any atom is -0.496 e. The molecule has 0 unspecified atom stereocenters. The van der Waals surface area contributed by atoms with Gasteiger partial charge in [-0.15, -0.1) is 0 Å². The molecule has 1 aliphatic heterocycles. The largest absolute Gasteiger partial charge is 0.496 e. The van der Waals surface area contributed by atoms with Crippen molar-refractivity contribution in [3.63, 3.8) is 0 Å². The van der Waals surface area contributed by atoms with Crippen LogP contribution in [0, 0.1) is 13.8 Å². The highest BCUT2D eigenvalue weighted by molar-refractivity contribution is 6.31. The first-order chi connectivity index (χ1) is 11.5. The van der Waals surface area contributed by atoms with E-state index in [1.165, 1.54) is 0 Å². The molecule has 1 saturated heterocycles. The first-order valence-corrected chi connectivity index (χ1v) is 8.40. The fourth-order valence-corrected chi connectivity index (χ4v) is 3.41. The average molecular weight is 349 g/mol. The summed E-state index contributed by atoms with van der Waals surface area (Å²) in [4.78, 5) is 19.2. The lowest BCUT2D eigenvalue weighted by Crippen LogP contribution is -2.41. The average Bonchev–Trinajstić information content (AvgIpc) is 2.92. The van der Waals surface area contributed by atoms with Crippen LogP contribution in [0.1, 0.15) is 40.9 Å². The molecule has 6 nitrogen and oxygen atoms in total. The molecule has 0 bridgehead atoms. The van der Waals surface area contributed by atoms with E-state index in [9.17, 15) is 4.79 Å². The van der Waals surface area contributed by atoms with E-state index in [1.807, 2.05) is 23.4 Å². The first kappa shape index (κ1) is 16.8. The maximum Gasteiger partial charge on any atom is 0.257 e. The van der Waals surface area contributed by atoms with Crippen molar-refractivity contribution >= 4 is 17.5 Å². The van der Waals surface area contributed by atoms with Crippen LogP contribution in [-0.4, -0.2) is 45.8 Å². The van der Waals surface area contributed by atoms with E-state index in [-0.39, 0.29) is 11.9 Å². The molecule has 1 aliphatic rings. The molecule has 3 rings (SSSR count). The Hall–Kier alpha value is -2.08. The van der Waals surface area contributed by atoms with Gasteiger partial charge in [0.25, 0.3) is 5.91 Å². The molecule has 24 heavy (non-hydrogen) atoms. The molecule has 1 aromatic heterocycles. The summed E-state index contributed by atoms with van der Waals surface area (Å²) in [5, 5.41) is 4.99. The maximum atomic E-state index is 12.9. The number of likely N-dealkylation sites (tertiary alicyclic amines) is 1. The first-order valence-electron chi connectivity index (χ1n) is 8.02. The summed E-state index contributed by atoms with van der Waals surface area (Å²) in [5.74, 6) is 2.12. The quantitative estimate of drug-likeness (QED) is 0.855. The standard InChI is InChI=1S/C17H21ClN4O2/c1-11-19-12(2)22(20-11)14-5-4-8-21(10-14)17(23)15-9-13(18)6-7-16(15)24-3/h6-7,9,14H,4-5,8,10H2,1-3H3/t14-/m0/s1. The maximum absolute atomic E-state index is 12.9. The van der Waals surface area contributed by atoms with Gasteiger partial charge < -0.3 is 9.64 Å². The Morgan fingerprint density at radius 2 is 2.17 bits per heavy atom. The molecule has 2 heterocycles. The zero-order valence-corrected chi connectivity index (χ0v) is 14.9. The van der Waals surface area contributed by atoms with Crippen LogP contribution in [-0.2, 0) is 0 Å². The lowest BCUT2D eigenvalue weighted by atomic mass is 10.0. The van der Waals surface area contributed by atoms with Crippen LogP contribution >= 0.6 is 11.6 Å². The van der Waals surface area contributed by atoms with Crippen molar-refractivity contribution in [2.75, 3.05) is 20.2 Å². The van der Waals surface area contributed by atoms with Gasteiger partial charge in [0.15, 0.2) is 0 Å². The fraction of sp³-hybridized carbons (Fsp3) is 0.471. The van der Waals surface area contributed by atoms with Crippen LogP contribution in [0.4, 0.5) is 0 Å². The van der Waals surface area contributed by atoms with Crippen molar-refractivity contribution in [2.45, 2.75) is 32.7 Å². The van der Waals surface area contributed by atoms with Crippen LogP contribution in [0.5, 0.6) is 5.75 Å². The number of carbonyl (C=O) groups is 1. The normalized spacial score (nSPS) is 17.8. The Morgan fingerprint density at radius 3 is 2.83 bits per heavy atom. The molecule has 7 heteroatoms. The molecule has 1 atom stereocenters. The van der Waals surface area contributed by atoms with Crippen LogP contribution in [0.2, 0.25) is 5.02 Å². The molecule has 1 amide bonds. The Bertz CT molecular complexity index is 759. The summed E-state index contributed by atoms with van der Waals surface area (Å²) in [6, 6.07) is 5.26. The SMILES string of the molecule is COc1ccc(Cl)cc1C(=O)N1CCC[C@H](n2nc(C)nc2C)C1. The van der Waals surface area contributed by atoms with E-state index in [0.717, 1.165) is 31.0 Å². The number of piperidine rings is 1. The summed E-state index contributed by atoms with van der Waals surface area (Å²) in [6.07, 6.45) is 1.91. The number of carbonyl (C=O) groups excluding carboxylic acids is 1. The van der Waals surface area contributed by atoms with Gasteiger partial charge in [-0.2, -0.15) is 5.10 Å². The highest BCUT2D eigenvalue weighted by Gasteiger charge is 2.28. The van der Waals surface area contributed by atoms with Crippen LogP contribution < -0.4 is 4.74 Å². The Balaban J connectivity index is 1.83. The van der Waals surface area contributed by atoms with E-state index < -0.39 is 0 Å². The predicted octanol–water partition coefficient (Wildman–Crippen LogP) is 3.03. The van der Waals surface area contributed by atoms with Crippen LogP contribution in [0.25, 0.3) is 0 Å². The topological polar surface area (TPSA) is 60.2 Å². The molecule has 1 fully saturated rings. The number of benzene rings is 1. The lowest BCUT2D eigenvalue weighted by molar-refractivity contribution is 0.0668. The van der Waals surface area contributed by atoms with Gasteiger partial charge in [0.2, 0.25) is 0 Å². The van der Waals surface area contributed by atoms with E-state index in [0.29, 0.717) is 22.9 Å². The van der Waals surface area contributed by atoms with E-state index >= 15 is 0 Å². The summed E-state index contributed by atoms with van der Waals surface area (Å²) in [6.45, 7) is 5.16. The van der Waals surface area contributed by atoms with Crippen molar-refractivity contribution in [2.24, 2.45) is 0 Å². The third-order valence-electron chi connectivity index (χ3n) is 4.33. The molecular weight excluding hydrogens is 328 g/mol. The number of aryl methyl sites for hydroxylation is 2. The molecule has 2 aromatic rings. The fourth-order valence-electron chi connectivity index (χ4n) is 3.24. The lowest BCUT2D eigenvalue weighted by Gasteiger charge is -2.33. The Morgan fingerprint density at radius 1 is 1.38 bits per heavy atom. The molecular formula is C17H21ClN4O2. The number of rotatable bonds is 3. The molecule has 128 valence electrons. The van der Waals surface area contributed by atoms with Crippen molar-refractivity contribution in [3.8, 4) is 5.75 Å². The Labute approximate surface area is 146 Å². The third kappa shape index (κ3) is 3.24. The number of aromatic nitrogens is 3. The molecule has 0 N–H and O–H groups in total. The van der Waals surface area contributed by atoms with E-state index in [4.69, 9.17) is 16.3 Å². The number of hydrogen-bond donors (Lipinski definition) is 0. The van der Waals surface area contributed by atoms with Crippen molar-refractivity contribution in [1.82, 2.24) is 19.7 Å². The number of nitrogens with zero attached hydrogens (tertiary/aromatic N) is 4. The number of hydrogen-bond acceptors (Lipinski definition) is 4. The minimum atomic E-state index is -0.0615. The zero-order valence-electron chi connectivity index (χ0n) is 14.1. The smallest absolute Gasteiger partial charge is 0.257 e. The van der Waals surface area contributed by atoms with Crippen molar-refractivity contribution in [3.05, 3.63) is 40.4 Å². The van der Waals surface area contributed by atoms with Crippen LogP contribution in [0.15, 0.2) is 18.2 Å². The number of methoxy groups -OCH3 is 1. The van der Waals surface area contributed by atoms with Gasteiger partial charge >= 0.3 is 0 Å². The van der Waals surface area contributed by atoms with E-state index in [1.54, 1.807) is 25.3 Å². The van der Waals surface area contributed by atoms with Gasteiger partial charge in [0, 0.05) is 18.1 Å². The molecule has 1 aromatic carbocycles. The molecule has 0 radical (unpaired) electrons. The summed E-state index contributed by atoms with van der Waals surface area (Å²) in [7, 11) is 1.56. The third-order valence-corrected chi connectivity index (χ3v) is 4.56. The van der Waals surface area contributed by atoms with Gasteiger partial charge in [0.1, 0.15) is 17.4 Å². The summed E-state index contributed by atoms with van der Waals surface area (Å²) < 4.78 is 7.25. The molecule has 0 saturated carbocycles. The number of amides is 1. The molecule has 0 spiro atoms. The monoisotopic (exact) mass is 348 g/mol. The van der Waals surface area contributed by atoms with Crippen molar-refractivity contribution < 1.29 is 9.53 Å². The highest BCUT2D eigenvalue weighted by atomic mass is 35.5. The molecule has 0 aliphatic carbocycles. The second-order valence-electron chi connectivity index (χ2n) is 6.04. The van der Waals surface area contributed by atoms with Gasteiger partial charge in [0.05, 0.1) is 18.7 Å². The summed E-state index contributed by atoms with van der Waals surface area (Å²) >= 11 is 6.06. The predicted molar refractivity (Wildman–Crippen MR) is 91.7 cm³/mol. The number of ether oxygens (including phenoxy) is 1. The summed E-state index contributed by atoms with van der Waals surface area (Å²) in [5.41, 5.74) is 0.497. The van der Waals surface area contributed by atoms with Gasteiger partial charge in [-0.25, -0.2) is 9.67 Å². The second-order valence-corrected chi connectivity index (χ2v) is 6.48. The van der Waals surface area contributed by atoms with Crippen molar-refractivity contribution in [1.29, 1.82) is 0 Å². The van der Waals surface area contributed by atoms with Gasteiger partial charge in [-0.05, 0) is 44.9 Å².